The van der Waals surface area contributed by atoms with E-state index in [2.05, 4.69) is 38.0 Å². The van der Waals surface area contributed by atoms with Crippen molar-refractivity contribution in [2.45, 2.75) is 10.9 Å². The molecule has 0 atom stereocenters. The Morgan fingerprint density at radius 2 is 1.85 bits per heavy atom. The van der Waals surface area contributed by atoms with Crippen molar-refractivity contribution in [1.82, 2.24) is 9.97 Å². The number of aromatic nitrogens is 2. The molecule has 5 heteroatoms. The van der Waals surface area contributed by atoms with Gasteiger partial charge in [0.15, 0.2) is 5.16 Å². The quantitative estimate of drug-likeness (QED) is 0.576. The molecule has 0 radical (unpaired) electrons. The van der Waals surface area contributed by atoms with E-state index in [0.29, 0.717) is 10.5 Å². The molecule has 0 saturated heterocycles. The summed E-state index contributed by atoms with van der Waals surface area (Å²) in [6.07, 6.45) is 0. The number of H-pyrrole nitrogens is 1. The number of rotatable bonds is 3. The van der Waals surface area contributed by atoms with Gasteiger partial charge in [-0.25, -0.2) is 4.98 Å². The van der Waals surface area contributed by atoms with Crippen molar-refractivity contribution < 1.29 is 0 Å². The Kier molecular flexibility index (Phi) is 3.89. The lowest BCUT2D eigenvalue weighted by Crippen LogP contribution is -2.08. The molecular weight excluding hydrogens is 336 g/mol. The number of hydrogen-bond acceptors (Lipinski definition) is 3. The molecule has 3 nitrogen and oxygen atoms in total. The normalized spacial score (nSPS) is 10.8. The lowest BCUT2D eigenvalue weighted by atomic mass is 10.2. The standard InChI is InChI=1S/C15H11BrN2OS/c16-11-7-5-10(6-8-11)9-20-15-17-13-4-2-1-3-12(13)14(19)18-15/h1-8H,9H2,(H,17,18,19). The van der Waals surface area contributed by atoms with Crippen molar-refractivity contribution >= 4 is 38.6 Å². The molecule has 0 fully saturated rings. The van der Waals surface area contributed by atoms with Crippen molar-refractivity contribution in [1.29, 1.82) is 0 Å². The lowest BCUT2D eigenvalue weighted by Gasteiger charge is -2.03. The molecular formula is C15H11BrN2OS. The van der Waals surface area contributed by atoms with Gasteiger partial charge in [-0.15, -0.1) is 0 Å². The molecule has 0 aliphatic carbocycles. The SMILES string of the molecule is O=c1[nH]c(SCc2ccc(Br)cc2)nc2ccccc12. The zero-order valence-corrected chi connectivity index (χ0v) is 12.9. The molecule has 1 N–H and O–H groups in total. The van der Waals surface area contributed by atoms with Gasteiger partial charge in [-0.3, -0.25) is 4.79 Å². The third-order valence-corrected chi connectivity index (χ3v) is 4.35. The summed E-state index contributed by atoms with van der Waals surface area (Å²) in [4.78, 5) is 19.2. The third kappa shape index (κ3) is 2.94. The highest BCUT2D eigenvalue weighted by molar-refractivity contribution is 9.10. The van der Waals surface area contributed by atoms with E-state index >= 15 is 0 Å². The molecule has 0 amide bonds. The Balaban J connectivity index is 1.84. The number of benzene rings is 2. The largest absolute Gasteiger partial charge is 0.301 e. The predicted molar refractivity (Wildman–Crippen MR) is 86.1 cm³/mol. The predicted octanol–water partition coefficient (Wildman–Crippen LogP) is 3.98. The molecule has 0 aliphatic heterocycles. The average molecular weight is 347 g/mol. The second-order valence-electron chi connectivity index (χ2n) is 4.30. The Bertz CT molecular complexity index is 799. The molecule has 3 rings (SSSR count). The van der Waals surface area contributed by atoms with Gasteiger partial charge in [0.05, 0.1) is 10.9 Å². The summed E-state index contributed by atoms with van der Waals surface area (Å²) in [5.74, 6) is 0.772. The second kappa shape index (κ2) is 5.81. The van der Waals surface area contributed by atoms with Crippen LogP contribution in [0.15, 0.2) is 63.0 Å². The lowest BCUT2D eigenvalue weighted by molar-refractivity contribution is 0.973. The summed E-state index contributed by atoms with van der Waals surface area (Å²) in [6.45, 7) is 0. The van der Waals surface area contributed by atoms with Crippen LogP contribution in [-0.2, 0) is 5.75 Å². The zero-order valence-electron chi connectivity index (χ0n) is 10.5. The van der Waals surface area contributed by atoms with Crippen LogP contribution in [0.2, 0.25) is 0 Å². The summed E-state index contributed by atoms with van der Waals surface area (Å²) in [6, 6.07) is 15.5. The van der Waals surface area contributed by atoms with Gasteiger partial charge in [0.1, 0.15) is 0 Å². The van der Waals surface area contributed by atoms with Gasteiger partial charge >= 0.3 is 0 Å². The number of thioether (sulfide) groups is 1. The molecule has 3 aromatic rings. The number of hydrogen-bond donors (Lipinski definition) is 1. The molecule has 1 aromatic heterocycles. The van der Waals surface area contributed by atoms with Crippen molar-refractivity contribution in [3.05, 3.63) is 68.9 Å². The maximum atomic E-state index is 11.9. The number of fused-ring (bicyclic) bond motifs is 1. The molecule has 0 bridgehead atoms. The van der Waals surface area contributed by atoms with E-state index in [4.69, 9.17) is 0 Å². The van der Waals surface area contributed by atoms with E-state index < -0.39 is 0 Å². The minimum absolute atomic E-state index is 0.0890. The monoisotopic (exact) mass is 346 g/mol. The van der Waals surface area contributed by atoms with Crippen LogP contribution in [0.5, 0.6) is 0 Å². The van der Waals surface area contributed by atoms with Gasteiger partial charge in [-0.05, 0) is 29.8 Å². The van der Waals surface area contributed by atoms with Gasteiger partial charge < -0.3 is 4.98 Å². The van der Waals surface area contributed by atoms with E-state index in [1.54, 1.807) is 6.07 Å². The van der Waals surface area contributed by atoms with E-state index in [-0.39, 0.29) is 5.56 Å². The van der Waals surface area contributed by atoms with E-state index in [9.17, 15) is 4.79 Å². The first-order valence-corrected chi connectivity index (χ1v) is 7.86. The van der Waals surface area contributed by atoms with Crippen LogP contribution >= 0.6 is 27.7 Å². The second-order valence-corrected chi connectivity index (χ2v) is 6.18. The summed E-state index contributed by atoms with van der Waals surface area (Å²) < 4.78 is 1.06. The highest BCUT2D eigenvalue weighted by Crippen LogP contribution is 2.21. The van der Waals surface area contributed by atoms with Crippen molar-refractivity contribution in [2.24, 2.45) is 0 Å². The Labute approximate surface area is 128 Å². The molecule has 2 aromatic carbocycles. The first kappa shape index (κ1) is 13.4. The van der Waals surface area contributed by atoms with Gasteiger partial charge in [-0.1, -0.05) is 52.0 Å². The van der Waals surface area contributed by atoms with Crippen LogP contribution in [0.4, 0.5) is 0 Å². The van der Waals surface area contributed by atoms with Crippen LogP contribution in [0.1, 0.15) is 5.56 Å². The van der Waals surface area contributed by atoms with Crippen molar-refractivity contribution in [3.63, 3.8) is 0 Å². The van der Waals surface area contributed by atoms with Crippen LogP contribution in [-0.4, -0.2) is 9.97 Å². The average Bonchev–Trinajstić information content (AvgIpc) is 2.47. The fourth-order valence-corrected chi connectivity index (χ4v) is 2.95. The topological polar surface area (TPSA) is 45.8 Å². The number of nitrogens with zero attached hydrogens (tertiary/aromatic N) is 1. The smallest absolute Gasteiger partial charge is 0.259 e. The van der Waals surface area contributed by atoms with Crippen LogP contribution in [0.3, 0.4) is 0 Å². The van der Waals surface area contributed by atoms with E-state index in [1.165, 1.54) is 17.3 Å². The minimum Gasteiger partial charge on any atom is -0.301 e. The number of nitrogens with one attached hydrogen (secondary N) is 1. The molecule has 0 spiro atoms. The van der Waals surface area contributed by atoms with Crippen LogP contribution in [0.25, 0.3) is 10.9 Å². The van der Waals surface area contributed by atoms with Gasteiger partial charge in [0.25, 0.3) is 5.56 Å². The van der Waals surface area contributed by atoms with Crippen LogP contribution < -0.4 is 5.56 Å². The molecule has 0 aliphatic rings. The van der Waals surface area contributed by atoms with Crippen LogP contribution in [0, 0.1) is 0 Å². The highest BCUT2D eigenvalue weighted by Gasteiger charge is 2.04. The van der Waals surface area contributed by atoms with Crippen molar-refractivity contribution in [2.75, 3.05) is 0 Å². The maximum Gasteiger partial charge on any atom is 0.259 e. The summed E-state index contributed by atoms with van der Waals surface area (Å²) >= 11 is 4.94. The summed E-state index contributed by atoms with van der Waals surface area (Å²) in [7, 11) is 0. The number of para-hydroxylation sites is 1. The zero-order chi connectivity index (χ0) is 13.9. The van der Waals surface area contributed by atoms with Crippen molar-refractivity contribution in [3.8, 4) is 0 Å². The summed E-state index contributed by atoms with van der Waals surface area (Å²) in [5, 5.41) is 1.28. The summed E-state index contributed by atoms with van der Waals surface area (Å²) in [5.41, 5.74) is 1.83. The van der Waals surface area contributed by atoms with E-state index in [1.807, 2.05) is 30.3 Å². The van der Waals surface area contributed by atoms with Gasteiger partial charge in [-0.2, -0.15) is 0 Å². The Morgan fingerprint density at radius 3 is 2.65 bits per heavy atom. The van der Waals surface area contributed by atoms with Gasteiger partial charge in [0, 0.05) is 10.2 Å². The fraction of sp³-hybridized carbons (Fsp3) is 0.0667. The molecule has 0 unspecified atom stereocenters. The molecule has 100 valence electrons. The van der Waals surface area contributed by atoms with Gasteiger partial charge in [0.2, 0.25) is 0 Å². The molecule has 1 heterocycles. The number of halogens is 1. The Hall–Kier alpha value is -1.59. The first-order chi connectivity index (χ1) is 9.72. The molecule has 20 heavy (non-hydrogen) atoms. The first-order valence-electron chi connectivity index (χ1n) is 6.09. The third-order valence-electron chi connectivity index (χ3n) is 2.88. The van der Waals surface area contributed by atoms with E-state index in [0.717, 1.165) is 15.7 Å². The fourth-order valence-electron chi connectivity index (χ4n) is 1.87. The highest BCUT2D eigenvalue weighted by atomic mass is 79.9. The maximum absolute atomic E-state index is 11.9. The minimum atomic E-state index is -0.0890. The molecule has 0 saturated carbocycles. The number of aromatic amines is 1. The Morgan fingerprint density at radius 1 is 1.10 bits per heavy atom.